The minimum Gasteiger partial charge on any atom is -0.492 e. The predicted molar refractivity (Wildman–Crippen MR) is 121 cm³/mol. The van der Waals surface area contributed by atoms with Gasteiger partial charge in [-0.05, 0) is 38.3 Å². The monoisotopic (exact) mass is 488 g/mol. The summed E-state index contributed by atoms with van der Waals surface area (Å²) in [6.45, 7) is 7.15. The Labute approximate surface area is 180 Å². The molecule has 1 atom stereocenters. The highest BCUT2D eigenvalue weighted by Gasteiger charge is 2.26. The third-order valence-electron chi connectivity index (χ3n) is 4.70. The highest BCUT2D eigenvalue weighted by atomic mass is 127. The van der Waals surface area contributed by atoms with Gasteiger partial charge >= 0.3 is 0 Å². The summed E-state index contributed by atoms with van der Waals surface area (Å²) in [5.41, 5.74) is 1.22. The number of carbonyl (C=O) groups is 1. The molecular formula is C20H33IN4O2. The zero-order valence-corrected chi connectivity index (χ0v) is 19.0. The second-order valence-corrected chi connectivity index (χ2v) is 6.63. The Morgan fingerprint density at radius 1 is 1.26 bits per heavy atom. The fraction of sp³-hybridized carbons (Fsp3) is 0.600. The summed E-state index contributed by atoms with van der Waals surface area (Å²) in [5, 5.41) is 6.58. The third-order valence-corrected chi connectivity index (χ3v) is 4.70. The maximum absolute atomic E-state index is 11.9. The van der Waals surface area contributed by atoms with E-state index < -0.39 is 0 Å². The normalized spacial score (nSPS) is 15.3. The fourth-order valence-electron chi connectivity index (χ4n) is 3.19. The molecule has 7 heteroatoms. The standard InChI is InChI=1S/C20H32N4O2.HI/c1-4-17(24-14-5-6-19(24)25)11-12-22-20(21-3)23-13-15-26-18-9-7-16(2)8-10-18;/h7-10,17H,4-6,11-15H2,1-3H3,(H2,21,22,23);1H. The van der Waals surface area contributed by atoms with Crippen LogP contribution >= 0.6 is 24.0 Å². The molecule has 1 saturated heterocycles. The molecule has 1 amide bonds. The Balaban J connectivity index is 0.00000364. The Kier molecular flexibility index (Phi) is 11.2. The molecule has 27 heavy (non-hydrogen) atoms. The van der Waals surface area contributed by atoms with Crippen molar-refractivity contribution in [1.29, 1.82) is 0 Å². The Morgan fingerprint density at radius 2 is 1.96 bits per heavy atom. The largest absolute Gasteiger partial charge is 0.492 e. The molecule has 0 bridgehead atoms. The van der Waals surface area contributed by atoms with Crippen molar-refractivity contribution in [3.05, 3.63) is 29.8 Å². The molecule has 1 aromatic carbocycles. The molecule has 0 radical (unpaired) electrons. The number of nitrogens with zero attached hydrogens (tertiary/aromatic N) is 2. The van der Waals surface area contributed by atoms with Gasteiger partial charge in [-0.3, -0.25) is 9.79 Å². The van der Waals surface area contributed by atoms with Gasteiger partial charge in [-0.25, -0.2) is 0 Å². The van der Waals surface area contributed by atoms with Gasteiger partial charge in [-0.15, -0.1) is 24.0 Å². The molecule has 1 unspecified atom stereocenters. The number of guanidine groups is 1. The molecule has 1 heterocycles. The highest BCUT2D eigenvalue weighted by Crippen LogP contribution is 2.17. The summed E-state index contributed by atoms with van der Waals surface area (Å²) >= 11 is 0. The van der Waals surface area contributed by atoms with Crippen LogP contribution in [0.5, 0.6) is 5.75 Å². The maximum Gasteiger partial charge on any atom is 0.222 e. The van der Waals surface area contributed by atoms with Gasteiger partial charge < -0.3 is 20.3 Å². The second kappa shape index (κ2) is 12.8. The molecule has 0 spiro atoms. The lowest BCUT2D eigenvalue weighted by atomic mass is 10.1. The zero-order valence-electron chi connectivity index (χ0n) is 16.7. The summed E-state index contributed by atoms with van der Waals surface area (Å²) in [6, 6.07) is 8.36. The van der Waals surface area contributed by atoms with Gasteiger partial charge in [-0.1, -0.05) is 24.6 Å². The van der Waals surface area contributed by atoms with Crippen LogP contribution in [0.1, 0.15) is 38.2 Å². The Hall–Kier alpha value is -1.51. The number of carbonyl (C=O) groups excluding carboxylic acids is 1. The van der Waals surface area contributed by atoms with E-state index in [1.54, 1.807) is 7.05 Å². The van der Waals surface area contributed by atoms with Crippen molar-refractivity contribution in [2.24, 2.45) is 4.99 Å². The Bertz CT molecular complexity index is 592. The molecule has 6 nitrogen and oxygen atoms in total. The first-order valence-electron chi connectivity index (χ1n) is 9.57. The molecule has 1 fully saturated rings. The lowest BCUT2D eigenvalue weighted by molar-refractivity contribution is -0.129. The molecule has 0 aliphatic carbocycles. The number of benzene rings is 1. The number of aliphatic imine (C=N–C) groups is 1. The molecule has 152 valence electrons. The molecule has 0 saturated carbocycles. The maximum atomic E-state index is 11.9. The molecule has 0 aromatic heterocycles. The summed E-state index contributed by atoms with van der Waals surface area (Å²) in [5.74, 6) is 1.94. The van der Waals surface area contributed by atoms with E-state index in [1.807, 2.05) is 29.2 Å². The Morgan fingerprint density at radius 3 is 2.56 bits per heavy atom. The van der Waals surface area contributed by atoms with Crippen molar-refractivity contribution in [2.45, 2.75) is 45.6 Å². The first-order valence-corrected chi connectivity index (χ1v) is 9.57. The van der Waals surface area contributed by atoms with Gasteiger partial charge in [0.25, 0.3) is 0 Å². The minimum atomic E-state index is 0. The smallest absolute Gasteiger partial charge is 0.222 e. The fourth-order valence-corrected chi connectivity index (χ4v) is 3.19. The van der Waals surface area contributed by atoms with Crippen LogP contribution in [0.25, 0.3) is 0 Å². The van der Waals surface area contributed by atoms with Crippen LogP contribution in [0, 0.1) is 6.92 Å². The van der Waals surface area contributed by atoms with E-state index in [9.17, 15) is 4.79 Å². The summed E-state index contributed by atoms with van der Waals surface area (Å²) in [7, 11) is 1.76. The summed E-state index contributed by atoms with van der Waals surface area (Å²) < 4.78 is 5.71. The van der Waals surface area contributed by atoms with Gasteiger partial charge in [0.15, 0.2) is 5.96 Å². The number of likely N-dealkylation sites (tertiary alicyclic amines) is 1. The van der Waals surface area contributed by atoms with E-state index in [-0.39, 0.29) is 24.0 Å². The van der Waals surface area contributed by atoms with Crippen molar-refractivity contribution in [3.63, 3.8) is 0 Å². The van der Waals surface area contributed by atoms with Crippen molar-refractivity contribution in [2.75, 3.05) is 33.3 Å². The molecule has 1 aliphatic heterocycles. The van der Waals surface area contributed by atoms with Crippen LogP contribution in [0.15, 0.2) is 29.3 Å². The number of rotatable bonds is 9. The molecule has 1 aromatic rings. The lowest BCUT2D eigenvalue weighted by Crippen LogP contribution is -2.42. The van der Waals surface area contributed by atoms with Gasteiger partial charge in [0.1, 0.15) is 12.4 Å². The lowest BCUT2D eigenvalue weighted by Gasteiger charge is -2.27. The number of hydrogen-bond acceptors (Lipinski definition) is 3. The van der Waals surface area contributed by atoms with Gasteiger partial charge in [0.05, 0.1) is 6.54 Å². The number of aryl methyl sites for hydroxylation is 1. The topological polar surface area (TPSA) is 66.0 Å². The SMILES string of the molecule is CCC(CCNC(=NC)NCCOc1ccc(C)cc1)N1CCCC1=O.I. The number of halogens is 1. The predicted octanol–water partition coefficient (Wildman–Crippen LogP) is 2.95. The highest BCUT2D eigenvalue weighted by molar-refractivity contribution is 14.0. The summed E-state index contributed by atoms with van der Waals surface area (Å²) in [4.78, 5) is 18.2. The summed E-state index contributed by atoms with van der Waals surface area (Å²) in [6.07, 6.45) is 3.62. The van der Waals surface area contributed by atoms with E-state index in [4.69, 9.17) is 4.74 Å². The molecule has 2 rings (SSSR count). The number of amides is 1. The second-order valence-electron chi connectivity index (χ2n) is 6.63. The average molecular weight is 488 g/mol. The van der Waals surface area contributed by atoms with Crippen molar-refractivity contribution < 1.29 is 9.53 Å². The molecule has 1 aliphatic rings. The third kappa shape index (κ3) is 7.94. The van der Waals surface area contributed by atoms with Crippen LogP contribution in [0.3, 0.4) is 0 Å². The van der Waals surface area contributed by atoms with Crippen LogP contribution in [-0.4, -0.2) is 56.1 Å². The minimum absolute atomic E-state index is 0. The molecular weight excluding hydrogens is 455 g/mol. The molecule has 2 N–H and O–H groups in total. The van der Waals surface area contributed by atoms with Crippen molar-refractivity contribution in [1.82, 2.24) is 15.5 Å². The van der Waals surface area contributed by atoms with E-state index in [0.717, 1.165) is 44.1 Å². The van der Waals surface area contributed by atoms with E-state index in [1.165, 1.54) is 5.56 Å². The quantitative estimate of drug-likeness (QED) is 0.243. The van der Waals surface area contributed by atoms with Gasteiger partial charge in [-0.2, -0.15) is 0 Å². The van der Waals surface area contributed by atoms with E-state index >= 15 is 0 Å². The van der Waals surface area contributed by atoms with Crippen molar-refractivity contribution >= 4 is 35.8 Å². The van der Waals surface area contributed by atoms with E-state index in [0.29, 0.717) is 31.5 Å². The number of nitrogens with one attached hydrogen (secondary N) is 2. The first kappa shape index (κ1) is 23.5. The number of ether oxygens (including phenoxy) is 1. The van der Waals surface area contributed by atoms with Crippen LogP contribution < -0.4 is 15.4 Å². The first-order chi connectivity index (χ1) is 12.6. The average Bonchev–Trinajstić information content (AvgIpc) is 3.08. The van der Waals surface area contributed by atoms with E-state index in [2.05, 4.69) is 29.5 Å². The van der Waals surface area contributed by atoms with Crippen LogP contribution in [-0.2, 0) is 4.79 Å². The van der Waals surface area contributed by atoms with Gasteiger partial charge in [0.2, 0.25) is 5.91 Å². The van der Waals surface area contributed by atoms with Crippen LogP contribution in [0.2, 0.25) is 0 Å². The van der Waals surface area contributed by atoms with Crippen molar-refractivity contribution in [3.8, 4) is 5.75 Å². The van der Waals surface area contributed by atoms with Gasteiger partial charge in [0, 0.05) is 32.6 Å². The zero-order chi connectivity index (χ0) is 18.8. The number of hydrogen-bond donors (Lipinski definition) is 2. The van der Waals surface area contributed by atoms with Crippen LogP contribution in [0.4, 0.5) is 0 Å².